The van der Waals surface area contributed by atoms with Crippen molar-refractivity contribution in [1.29, 1.82) is 0 Å². The van der Waals surface area contributed by atoms with Gasteiger partial charge in [-0.15, -0.1) is 11.8 Å². The van der Waals surface area contributed by atoms with Gasteiger partial charge in [-0.05, 0) is 47.7 Å². The van der Waals surface area contributed by atoms with Crippen LogP contribution in [-0.2, 0) is 9.59 Å². The first-order chi connectivity index (χ1) is 13.9. The molecule has 1 saturated heterocycles. The third-order valence-corrected chi connectivity index (χ3v) is 5.85. The summed E-state index contributed by atoms with van der Waals surface area (Å²) in [6, 6.07) is 11.7. The number of amides is 3. The van der Waals surface area contributed by atoms with Crippen molar-refractivity contribution >= 4 is 46.7 Å². The second kappa shape index (κ2) is 9.71. The van der Waals surface area contributed by atoms with E-state index in [-0.39, 0.29) is 35.5 Å². The van der Waals surface area contributed by atoms with Crippen LogP contribution in [0.1, 0.15) is 5.56 Å². The van der Waals surface area contributed by atoms with Gasteiger partial charge < -0.3 is 5.32 Å². The maximum atomic E-state index is 13.5. The Morgan fingerprint density at radius 1 is 1.10 bits per heavy atom. The molecule has 9 heteroatoms. The number of nitrogens with zero attached hydrogens (tertiary/aromatic N) is 1. The van der Waals surface area contributed by atoms with Gasteiger partial charge in [-0.2, -0.15) is 0 Å². The van der Waals surface area contributed by atoms with Crippen LogP contribution in [0, 0.1) is 11.6 Å². The summed E-state index contributed by atoms with van der Waals surface area (Å²) in [5.41, 5.74) is 0.607. The molecule has 0 radical (unpaired) electrons. The quantitative estimate of drug-likeness (QED) is 0.529. The maximum absolute atomic E-state index is 13.5. The molecule has 0 spiro atoms. The minimum absolute atomic E-state index is 0.0211. The van der Waals surface area contributed by atoms with Crippen LogP contribution in [0.2, 0.25) is 0 Å². The van der Waals surface area contributed by atoms with Gasteiger partial charge >= 0.3 is 0 Å². The summed E-state index contributed by atoms with van der Waals surface area (Å²) in [7, 11) is 0. The molecule has 0 aromatic heterocycles. The Balaban J connectivity index is 1.48. The van der Waals surface area contributed by atoms with E-state index >= 15 is 0 Å². The third-order valence-electron chi connectivity index (χ3n) is 3.89. The minimum atomic E-state index is -0.459. The average molecular weight is 434 g/mol. The molecule has 5 nitrogen and oxygen atoms in total. The highest BCUT2D eigenvalue weighted by molar-refractivity contribution is 8.18. The van der Waals surface area contributed by atoms with Gasteiger partial charge in [-0.3, -0.25) is 19.3 Å². The number of benzene rings is 2. The molecule has 150 valence electrons. The topological polar surface area (TPSA) is 66.5 Å². The number of hydrogen-bond donors (Lipinski definition) is 1. The van der Waals surface area contributed by atoms with Crippen molar-refractivity contribution in [3.63, 3.8) is 0 Å². The van der Waals surface area contributed by atoms with Crippen molar-refractivity contribution in [3.8, 4) is 0 Å². The number of rotatable bonds is 7. The predicted molar refractivity (Wildman–Crippen MR) is 109 cm³/mol. The zero-order valence-corrected chi connectivity index (χ0v) is 16.7. The molecule has 3 amide bonds. The summed E-state index contributed by atoms with van der Waals surface area (Å²) in [6.07, 6.45) is 1.52. The number of carbonyl (C=O) groups excluding carboxylic acids is 3. The summed E-state index contributed by atoms with van der Waals surface area (Å²) in [4.78, 5) is 38.0. The fourth-order valence-corrected chi connectivity index (χ4v) is 4.10. The van der Waals surface area contributed by atoms with Crippen LogP contribution in [0.4, 0.5) is 13.6 Å². The SMILES string of the molecule is O=C(CSc1ccccc1F)NCCN1C(=O)SC(=Cc2ccc(F)cc2)C1=O. The van der Waals surface area contributed by atoms with E-state index in [4.69, 9.17) is 0 Å². The van der Waals surface area contributed by atoms with Crippen molar-refractivity contribution < 1.29 is 23.2 Å². The molecule has 29 heavy (non-hydrogen) atoms. The van der Waals surface area contributed by atoms with Crippen LogP contribution < -0.4 is 5.32 Å². The highest BCUT2D eigenvalue weighted by Crippen LogP contribution is 2.31. The van der Waals surface area contributed by atoms with Crippen LogP contribution in [0.5, 0.6) is 0 Å². The van der Waals surface area contributed by atoms with Crippen molar-refractivity contribution in [3.05, 3.63) is 70.6 Å². The predicted octanol–water partition coefficient (Wildman–Crippen LogP) is 3.91. The van der Waals surface area contributed by atoms with E-state index in [9.17, 15) is 23.2 Å². The third kappa shape index (κ3) is 5.68. The van der Waals surface area contributed by atoms with Crippen molar-refractivity contribution in [2.75, 3.05) is 18.8 Å². The van der Waals surface area contributed by atoms with E-state index in [0.29, 0.717) is 10.5 Å². The molecule has 1 aliphatic rings. The Morgan fingerprint density at radius 3 is 2.55 bits per heavy atom. The molecule has 0 bridgehead atoms. The molecule has 1 aliphatic heterocycles. The molecule has 1 N–H and O–H groups in total. The van der Waals surface area contributed by atoms with Crippen molar-refractivity contribution in [2.45, 2.75) is 4.90 Å². The van der Waals surface area contributed by atoms with E-state index in [1.807, 2.05) is 0 Å². The van der Waals surface area contributed by atoms with E-state index in [1.54, 1.807) is 18.2 Å². The lowest BCUT2D eigenvalue weighted by Crippen LogP contribution is -2.37. The monoisotopic (exact) mass is 434 g/mol. The highest BCUT2D eigenvalue weighted by Gasteiger charge is 2.34. The smallest absolute Gasteiger partial charge is 0.293 e. The summed E-state index contributed by atoms with van der Waals surface area (Å²) in [5, 5.41) is 2.18. The van der Waals surface area contributed by atoms with E-state index in [2.05, 4.69) is 5.32 Å². The number of carbonyl (C=O) groups is 3. The second-order valence-corrected chi connectivity index (χ2v) is 7.96. The van der Waals surface area contributed by atoms with E-state index in [1.165, 1.54) is 36.4 Å². The first-order valence-electron chi connectivity index (χ1n) is 8.59. The normalized spacial score (nSPS) is 15.2. The van der Waals surface area contributed by atoms with Crippen LogP contribution in [0.15, 0.2) is 58.3 Å². The van der Waals surface area contributed by atoms with Crippen LogP contribution in [0.3, 0.4) is 0 Å². The Kier molecular flexibility index (Phi) is 7.05. The molecule has 0 atom stereocenters. The Hall–Kier alpha value is -2.65. The molecular formula is C20H16F2N2O3S2. The summed E-state index contributed by atoms with van der Waals surface area (Å²) < 4.78 is 26.5. The Labute approximate surface area is 174 Å². The van der Waals surface area contributed by atoms with Gasteiger partial charge in [-0.25, -0.2) is 8.78 Å². The first kappa shape index (κ1) is 21.1. The lowest BCUT2D eigenvalue weighted by atomic mass is 10.2. The molecule has 1 fully saturated rings. The van der Waals surface area contributed by atoms with Gasteiger partial charge in [-0.1, -0.05) is 24.3 Å². The van der Waals surface area contributed by atoms with E-state index in [0.717, 1.165) is 28.4 Å². The number of imide groups is 1. The fraction of sp³-hybridized carbons (Fsp3) is 0.150. The standard InChI is InChI=1S/C20H16F2N2O3S2/c21-14-7-5-13(6-8-14)11-17-19(26)24(20(27)29-17)10-9-23-18(25)12-28-16-4-2-1-3-15(16)22/h1-8,11H,9-10,12H2,(H,23,25). The molecule has 0 aliphatic carbocycles. The lowest BCUT2D eigenvalue weighted by molar-refractivity contribution is -0.123. The van der Waals surface area contributed by atoms with Gasteiger partial charge in [0, 0.05) is 18.0 Å². The number of thioether (sulfide) groups is 2. The Bertz CT molecular complexity index is 964. The molecule has 1 heterocycles. The average Bonchev–Trinajstić information content (AvgIpc) is 2.96. The zero-order chi connectivity index (χ0) is 20.8. The van der Waals surface area contributed by atoms with Crippen LogP contribution in [-0.4, -0.2) is 40.8 Å². The zero-order valence-electron chi connectivity index (χ0n) is 15.1. The first-order valence-corrected chi connectivity index (χ1v) is 10.4. The van der Waals surface area contributed by atoms with Gasteiger partial charge in [0.05, 0.1) is 10.7 Å². The lowest BCUT2D eigenvalue weighted by Gasteiger charge is -2.13. The molecule has 0 saturated carbocycles. The summed E-state index contributed by atoms with van der Waals surface area (Å²) >= 11 is 1.86. The summed E-state index contributed by atoms with van der Waals surface area (Å²) in [5.74, 6) is -1.55. The van der Waals surface area contributed by atoms with Crippen molar-refractivity contribution in [2.24, 2.45) is 0 Å². The molecular weight excluding hydrogens is 418 g/mol. The molecule has 2 aromatic carbocycles. The highest BCUT2D eigenvalue weighted by atomic mass is 32.2. The van der Waals surface area contributed by atoms with Gasteiger partial charge in [0.2, 0.25) is 5.91 Å². The molecule has 2 aromatic rings. The fourth-order valence-electron chi connectivity index (χ4n) is 2.47. The van der Waals surface area contributed by atoms with E-state index < -0.39 is 17.0 Å². The molecule has 3 rings (SSSR count). The number of nitrogens with one attached hydrogen (secondary N) is 1. The van der Waals surface area contributed by atoms with Crippen LogP contribution >= 0.6 is 23.5 Å². The van der Waals surface area contributed by atoms with Crippen molar-refractivity contribution in [1.82, 2.24) is 10.2 Å². The number of halogens is 2. The summed E-state index contributed by atoms with van der Waals surface area (Å²) in [6.45, 7) is 0.125. The second-order valence-electron chi connectivity index (χ2n) is 5.95. The van der Waals surface area contributed by atoms with Gasteiger partial charge in [0.25, 0.3) is 11.1 Å². The van der Waals surface area contributed by atoms with Crippen LogP contribution in [0.25, 0.3) is 6.08 Å². The minimum Gasteiger partial charge on any atom is -0.354 e. The van der Waals surface area contributed by atoms with Gasteiger partial charge in [0.1, 0.15) is 11.6 Å². The largest absolute Gasteiger partial charge is 0.354 e. The molecule has 0 unspecified atom stereocenters. The maximum Gasteiger partial charge on any atom is 0.293 e. The van der Waals surface area contributed by atoms with Gasteiger partial charge in [0.15, 0.2) is 0 Å². The Morgan fingerprint density at radius 2 is 1.83 bits per heavy atom. The number of hydrogen-bond acceptors (Lipinski definition) is 5.